The van der Waals surface area contributed by atoms with Crippen molar-refractivity contribution in [2.45, 2.75) is 18.8 Å². The monoisotopic (exact) mass is 341 g/mol. The summed E-state index contributed by atoms with van der Waals surface area (Å²) >= 11 is 9.27. The Hall–Kier alpha value is -1.40. The summed E-state index contributed by atoms with van der Waals surface area (Å²) in [5.74, 6) is 0.556. The first kappa shape index (κ1) is 12.6. The first-order valence-electron chi connectivity index (χ1n) is 5.73. The van der Waals surface area contributed by atoms with Crippen molar-refractivity contribution in [3.63, 3.8) is 0 Å². The van der Waals surface area contributed by atoms with Gasteiger partial charge in [0.15, 0.2) is 0 Å². The van der Waals surface area contributed by atoms with Gasteiger partial charge < -0.3 is 4.42 Å². The van der Waals surface area contributed by atoms with E-state index >= 15 is 0 Å². The summed E-state index contributed by atoms with van der Waals surface area (Å²) in [5.41, 5.74) is 0.349. The van der Waals surface area contributed by atoms with Gasteiger partial charge >= 0.3 is 6.01 Å². The fourth-order valence-corrected chi connectivity index (χ4v) is 2.18. The van der Waals surface area contributed by atoms with Crippen molar-refractivity contribution >= 4 is 39.5 Å². The smallest absolute Gasteiger partial charge is 0.322 e. The number of carbonyl (C=O) groups is 1. The van der Waals surface area contributed by atoms with E-state index in [4.69, 9.17) is 16.0 Å². The van der Waals surface area contributed by atoms with E-state index in [2.05, 4.69) is 31.4 Å². The molecular weight excluding hydrogens is 334 g/mol. The Labute approximate surface area is 122 Å². The number of hydrogen-bond donors (Lipinski definition) is 1. The molecule has 0 aliphatic heterocycles. The normalized spacial score (nSPS) is 14.4. The quantitative estimate of drug-likeness (QED) is 0.925. The van der Waals surface area contributed by atoms with Gasteiger partial charge in [-0.1, -0.05) is 32.6 Å². The lowest BCUT2D eigenvalue weighted by Crippen LogP contribution is -2.12. The molecule has 0 saturated heterocycles. The third kappa shape index (κ3) is 2.79. The van der Waals surface area contributed by atoms with Crippen LogP contribution in [0.4, 0.5) is 6.01 Å². The second-order valence-electron chi connectivity index (χ2n) is 4.30. The van der Waals surface area contributed by atoms with Gasteiger partial charge in [0.25, 0.3) is 5.91 Å². The molecule has 2 aromatic rings. The van der Waals surface area contributed by atoms with Gasteiger partial charge in [0.2, 0.25) is 5.89 Å². The highest BCUT2D eigenvalue weighted by molar-refractivity contribution is 9.10. The maximum atomic E-state index is 12.0. The topological polar surface area (TPSA) is 68.0 Å². The highest BCUT2D eigenvalue weighted by atomic mass is 79.9. The van der Waals surface area contributed by atoms with Gasteiger partial charge in [-0.3, -0.25) is 10.1 Å². The molecule has 98 valence electrons. The molecule has 5 nitrogen and oxygen atoms in total. The van der Waals surface area contributed by atoms with Crippen LogP contribution in [0.25, 0.3) is 0 Å². The molecule has 0 radical (unpaired) electrons. The number of anilines is 1. The molecular formula is C12H9BrClN3O2. The predicted molar refractivity (Wildman–Crippen MR) is 73.4 cm³/mol. The first-order valence-corrected chi connectivity index (χ1v) is 6.90. The third-order valence-corrected chi connectivity index (χ3v) is 3.58. The van der Waals surface area contributed by atoms with E-state index in [1.165, 1.54) is 0 Å². The molecule has 1 fully saturated rings. The van der Waals surface area contributed by atoms with E-state index in [1.54, 1.807) is 18.2 Å². The molecule has 1 aliphatic carbocycles. The molecule has 3 rings (SSSR count). The van der Waals surface area contributed by atoms with Gasteiger partial charge in [-0.2, -0.15) is 0 Å². The minimum absolute atomic E-state index is 0.0999. The number of benzene rings is 1. The minimum atomic E-state index is -0.378. The number of nitrogens with one attached hydrogen (secondary N) is 1. The van der Waals surface area contributed by atoms with Crippen LogP contribution in [-0.4, -0.2) is 16.1 Å². The summed E-state index contributed by atoms with van der Waals surface area (Å²) in [6, 6.07) is 5.14. The van der Waals surface area contributed by atoms with Crippen LogP contribution in [0.5, 0.6) is 0 Å². The molecule has 0 bridgehead atoms. The maximum absolute atomic E-state index is 12.0. The number of rotatable bonds is 3. The van der Waals surface area contributed by atoms with Gasteiger partial charge in [0.05, 0.1) is 10.6 Å². The van der Waals surface area contributed by atoms with E-state index < -0.39 is 0 Å². The average molecular weight is 343 g/mol. The third-order valence-electron chi connectivity index (χ3n) is 2.76. The van der Waals surface area contributed by atoms with E-state index in [-0.39, 0.29) is 11.9 Å². The first-order chi connectivity index (χ1) is 9.13. The Morgan fingerprint density at radius 1 is 1.42 bits per heavy atom. The van der Waals surface area contributed by atoms with E-state index in [0.717, 1.165) is 17.3 Å². The molecule has 7 heteroatoms. The molecule has 0 unspecified atom stereocenters. The van der Waals surface area contributed by atoms with Crippen LogP contribution in [0.1, 0.15) is 35.0 Å². The van der Waals surface area contributed by atoms with Gasteiger partial charge in [0, 0.05) is 10.4 Å². The largest absolute Gasteiger partial charge is 0.408 e. The molecule has 1 N–H and O–H groups in total. The molecule has 0 atom stereocenters. The number of halogens is 2. The van der Waals surface area contributed by atoms with Gasteiger partial charge in [0.1, 0.15) is 0 Å². The lowest BCUT2D eigenvalue weighted by atomic mass is 10.2. The van der Waals surface area contributed by atoms with Crippen LogP contribution < -0.4 is 5.32 Å². The number of carbonyl (C=O) groups excluding carboxylic acids is 1. The molecule has 1 saturated carbocycles. The molecule has 1 heterocycles. The highest BCUT2D eigenvalue weighted by Crippen LogP contribution is 2.39. The van der Waals surface area contributed by atoms with Crippen molar-refractivity contribution in [3.05, 3.63) is 39.1 Å². The van der Waals surface area contributed by atoms with Crippen molar-refractivity contribution in [2.24, 2.45) is 0 Å². The Morgan fingerprint density at radius 3 is 2.95 bits per heavy atom. The summed E-state index contributed by atoms with van der Waals surface area (Å²) in [5, 5.41) is 10.6. The van der Waals surface area contributed by atoms with E-state index in [9.17, 15) is 4.79 Å². The van der Waals surface area contributed by atoms with E-state index in [1.807, 2.05) is 0 Å². The fourth-order valence-electron chi connectivity index (χ4n) is 1.62. The van der Waals surface area contributed by atoms with Crippen LogP contribution in [0.2, 0.25) is 5.02 Å². The summed E-state index contributed by atoms with van der Waals surface area (Å²) in [6.07, 6.45) is 2.13. The predicted octanol–water partition coefficient (Wildman–Crippen LogP) is 3.62. The van der Waals surface area contributed by atoms with Crippen LogP contribution >= 0.6 is 27.5 Å². The summed E-state index contributed by atoms with van der Waals surface area (Å²) in [6.45, 7) is 0. The SMILES string of the molecule is O=C(Nc1nnc(C2CC2)o1)c1cc(Br)ccc1Cl. The summed E-state index contributed by atoms with van der Waals surface area (Å²) < 4.78 is 6.13. The summed E-state index contributed by atoms with van der Waals surface area (Å²) in [7, 11) is 0. The highest BCUT2D eigenvalue weighted by Gasteiger charge is 2.29. The molecule has 1 aliphatic rings. The second-order valence-corrected chi connectivity index (χ2v) is 5.62. The van der Waals surface area contributed by atoms with Crippen molar-refractivity contribution < 1.29 is 9.21 Å². The lowest BCUT2D eigenvalue weighted by Gasteiger charge is -2.03. The van der Waals surface area contributed by atoms with Crippen LogP contribution in [0, 0.1) is 0 Å². The fraction of sp³-hybridized carbons (Fsp3) is 0.250. The molecule has 1 aromatic heterocycles. The van der Waals surface area contributed by atoms with E-state index in [0.29, 0.717) is 22.4 Å². The van der Waals surface area contributed by atoms with Crippen LogP contribution in [0.3, 0.4) is 0 Å². The van der Waals surface area contributed by atoms with Crippen LogP contribution in [-0.2, 0) is 0 Å². The van der Waals surface area contributed by atoms with Crippen LogP contribution in [0.15, 0.2) is 27.1 Å². The standard InChI is InChI=1S/C12H9BrClN3O2/c13-7-3-4-9(14)8(5-7)10(18)15-12-17-16-11(19-12)6-1-2-6/h3-6H,1-2H2,(H,15,17,18). The molecule has 1 aromatic carbocycles. The summed E-state index contributed by atoms with van der Waals surface area (Å²) in [4.78, 5) is 12.0. The van der Waals surface area contributed by atoms with Crippen molar-refractivity contribution in [2.75, 3.05) is 5.32 Å². The Balaban J connectivity index is 1.77. The van der Waals surface area contributed by atoms with Crippen molar-refractivity contribution in [1.29, 1.82) is 0 Å². The number of nitrogens with zero attached hydrogens (tertiary/aromatic N) is 2. The van der Waals surface area contributed by atoms with Gasteiger partial charge in [-0.15, -0.1) is 5.10 Å². The molecule has 19 heavy (non-hydrogen) atoms. The second kappa shape index (κ2) is 4.94. The Bertz CT molecular complexity index is 640. The number of aromatic nitrogens is 2. The maximum Gasteiger partial charge on any atom is 0.322 e. The molecule has 0 spiro atoms. The van der Waals surface area contributed by atoms with Crippen molar-refractivity contribution in [3.8, 4) is 0 Å². The number of hydrogen-bond acceptors (Lipinski definition) is 4. The van der Waals surface area contributed by atoms with Crippen molar-refractivity contribution in [1.82, 2.24) is 10.2 Å². The number of amides is 1. The molecule has 1 amide bonds. The van der Waals surface area contributed by atoms with Gasteiger partial charge in [-0.25, -0.2) is 0 Å². The zero-order valence-corrected chi connectivity index (χ0v) is 12.0. The Morgan fingerprint density at radius 2 is 2.21 bits per heavy atom. The lowest BCUT2D eigenvalue weighted by molar-refractivity contribution is 0.102. The zero-order valence-electron chi connectivity index (χ0n) is 9.69. The Kier molecular flexibility index (Phi) is 3.28. The minimum Gasteiger partial charge on any atom is -0.408 e. The zero-order chi connectivity index (χ0) is 13.4. The van der Waals surface area contributed by atoms with Gasteiger partial charge in [-0.05, 0) is 31.0 Å². The average Bonchev–Trinajstić information content (AvgIpc) is 3.13.